The molecule has 1 aromatic carbocycles. The quantitative estimate of drug-likeness (QED) is 0.853. The summed E-state index contributed by atoms with van der Waals surface area (Å²) < 4.78 is 25.0. The Morgan fingerprint density at radius 2 is 2.14 bits per heavy atom. The second-order valence-electron chi connectivity index (χ2n) is 5.82. The van der Waals surface area contributed by atoms with Crippen molar-refractivity contribution in [1.82, 2.24) is 14.5 Å². The number of likely N-dealkylation sites (N-methyl/N-ethyl adjacent to an activating group) is 1. The van der Waals surface area contributed by atoms with Gasteiger partial charge in [0.25, 0.3) is 0 Å². The minimum atomic E-state index is -3.00. The van der Waals surface area contributed by atoms with E-state index in [-0.39, 0.29) is 23.5 Å². The van der Waals surface area contributed by atoms with E-state index in [1.54, 1.807) is 18.3 Å². The normalized spacial score (nSPS) is 21.8. The Balaban J connectivity index is 1.82. The highest BCUT2D eigenvalue weighted by Gasteiger charge is 2.34. The Bertz CT molecular complexity index is 812. The first-order valence-corrected chi connectivity index (χ1v) is 9.10. The molecule has 2 aromatic rings. The molecule has 6 nitrogen and oxygen atoms in total. The summed E-state index contributed by atoms with van der Waals surface area (Å²) >= 11 is 0. The number of imidazole rings is 1. The van der Waals surface area contributed by atoms with Crippen LogP contribution in [0.25, 0.3) is 11.0 Å². The van der Waals surface area contributed by atoms with E-state index in [4.69, 9.17) is 0 Å². The van der Waals surface area contributed by atoms with E-state index >= 15 is 0 Å². The standard InChI is InChI=1S/C15H19N3O3S/c1-11(18-10-16-13-5-3-4-6-14(13)18)15(19)17(2)12-7-8-22(20,21)9-12/h3-6,10-12H,7-9H2,1-2H3/t11-,12-/m0/s1. The van der Waals surface area contributed by atoms with Gasteiger partial charge in [-0.3, -0.25) is 4.79 Å². The van der Waals surface area contributed by atoms with E-state index in [2.05, 4.69) is 4.98 Å². The van der Waals surface area contributed by atoms with Crippen molar-refractivity contribution in [3.05, 3.63) is 30.6 Å². The summed E-state index contributed by atoms with van der Waals surface area (Å²) in [6.07, 6.45) is 2.18. The lowest BCUT2D eigenvalue weighted by Gasteiger charge is -2.27. The molecule has 3 rings (SSSR count). The summed E-state index contributed by atoms with van der Waals surface area (Å²) in [7, 11) is -1.32. The molecule has 2 heterocycles. The summed E-state index contributed by atoms with van der Waals surface area (Å²) in [6, 6.07) is 6.99. The fraction of sp³-hybridized carbons (Fsp3) is 0.467. The number of rotatable bonds is 3. The molecule has 0 saturated carbocycles. The molecule has 2 atom stereocenters. The Morgan fingerprint density at radius 3 is 2.82 bits per heavy atom. The van der Waals surface area contributed by atoms with Gasteiger partial charge in [0, 0.05) is 13.1 Å². The number of hydrogen-bond acceptors (Lipinski definition) is 4. The first-order valence-electron chi connectivity index (χ1n) is 7.28. The van der Waals surface area contributed by atoms with E-state index in [1.807, 2.05) is 35.8 Å². The molecule has 0 N–H and O–H groups in total. The van der Waals surface area contributed by atoms with Crippen LogP contribution < -0.4 is 0 Å². The molecule has 0 bridgehead atoms. The number of sulfone groups is 1. The summed E-state index contributed by atoms with van der Waals surface area (Å²) in [4.78, 5) is 18.5. The Labute approximate surface area is 129 Å². The number of aromatic nitrogens is 2. The van der Waals surface area contributed by atoms with Crippen molar-refractivity contribution in [3.8, 4) is 0 Å². The predicted molar refractivity (Wildman–Crippen MR) is 84.3 cm³/mol. The number of carbonyl (C=O) groups excluding carboxylic acids is 1. The van der Waals surface area contributed by atoms with Gasteiger partial charge in [0.1, 0.15) is 6.04 Å². The van der Waals surface area contributed by atoms with Crippen LogP contribution in [0.4, 0.5) is 0 Å². The van der Waals surface area contributed by atoms with Crippen LogP contribution in [0.2, 0.25) is 0 Å². The average Bonchev–Trinajstić information content (AvgIpc) is 3.08. The van der Waals surface area contributed by atoms with Gasteiger partial charge in [0.15, 0.2) is 9.84 Å². The topological polar surface area (TPSA) is 72.3 Å². The van der Waals surface area contributed by atoms with Crippen LogP contribution in [0.1, 0.15) is 19.4 Å². The highest BCUT2D eigenvalue weighted by molar-refractivity contribution is 7.91. The van der Waals surface area contributed by atoms with Gasteiger partial charge in [0.2, 0.25) is 5.91 Å². The SMILES string of the molecule is C[C@@H](C(=O)N(C)[C@H]1CCS(=O)(=O)C1)n1cnc2ccccc21. The Hall–Kier alpha value is -1.89. The van der Waals surface area contributed by atoms with Crippen molar-refractivity contribution in [1.29, 1.82) is 0 Å². The highest BCUT2D eigenvalue weighted by atomic mass is 32.2. The molecule has 22 heavy (non-hydrogen) atoms. The maximum atomic E-state index is 12.7. The van der Waals surface area contributed by atoms with Gasteiger partial charge >= 0.3 is 0 Å². The number of para-hydroxylation sites is 2. The summed E-state index contributed by atoms with van der Waals surface area (Å²) in [5, 5.41) is 0. The summed E-state index contributed by atoms with van der Waals surface area (Å²) in [6.45, 7) is 1.82. The van der Waals surface area contributed by atoms with Gasteiger partial charge in [0.05, 0.1) is 28.9 Å². The number of amides is 1. The van der Waals surface area contributed by atoms with Crippen LogP contribution in [0, 0.1) is 0 Å². The molecule has 0 spiro atoms. The van der Waals surface area contributed by atoms with Gasteiger partial charge in [-0.15, -0.1) is 0 Å². The van der Waals surface area contributed by atoms with Crippen molar-refractivity contribution in [3.63, 3.8) is 0 Å². The van der Waals surface area contributed by atoms with Crippen molar-refractivity contribution in [2.75, 3.05) is 18.6 Å². The summed E-state index contributed by atoms with van der Waals surface area (Å²) in [5.41, 5.74) is 1.74. The first-order chi connectivity index (χ1) is 10.4. The molecular weight excluding hydrogens is 302 g/mol. The maximum Gasteiger partial charge on any atom is 0.245 e. The third-order valence-corrected chi connectivity index (χ3v) is 6.11. The molecule has 1 aliphatic heterocycles. The lowest BCUT2D eigenvalue weighted by molar-refractivity contribution is -0.134. The summed E-state index contributed by atoms with van der Waals surface area (Å²) in [5.74, 6) is 0.134. The van der Waals surface area contributed by atoms with Crippen molar-refractivity contribution in [2.45, 2.75) is 25.4 Å². The van der Waals surface area contributed by atoms with E-state index in [1.165, 1.54) is 0 Å². The average molecular weight is 321 g/mol. The number of fused-ring (bicyclic) bond motifs is 1. The molecule has 7 heteroatoms. The second-order valence-corrected chi connectivity index (χ2v) is 8.05. The van der Waals surface area contributed by atoms with Crippen LogP contribution in [-0.4, -0.2) is 53.4 Å². The van der Waals surface area contributed by atoms with Gasteiger partial charge < -0.3 is 9.47 Å². The minimum absolute atomic E-state index is 0.0621. The van der Waals surface area contributed by atoms with Crippen LogP contribution in [-0.2, 0) is 14.6 Å². The zero-order valence-corrected chi connectivity index (χ0v) is 13.5. The molecule has 1 aromatic heterocycles. The molecule has 1 amide bonds. The van der Waals surface area contributed by atoms with E-state index in [0.29, 0.717) is 6.42 Å². The van der Waals surface area contributed by atoms with Crippen molar-refractivity contribution >= 4 is 26.8 Å². The van der Waals surface area contributed by atoms with Gasteiger partial charge in [-0.25, -0.2) is 13.4 Å². The predicted octanol–water partition coefficient (Wildman–Crippen LogP) is 1.24. The zero-order valence-electron chi connectivity index (χ0n) is 12.6. The number of nitrogens with zero attached hydrogens (tertiary/aromatic N) is 3. The lowest BCUT2D eigenvalue weighted by atomic mass is 10.2. The monoisotopic (exact) mass is 321 g/mol. The van der Waals surface area contributed by atoms with Crippen molar-refractivity contribution < 1.29 is 13.2 Å². The van der Waals surface area contributed by atoms with Gasteiger partial charge in [-0.2, -0.15) is 0 Å². The van der Waals surface area contributed by atoms with E-state index in [0.717, 1.165) is 11.0 Å². The van der Waals surface area contributed by atoms with Crippen molar-refractivity contribution in [2.24, 2.45) is 0 Å². The maximum absolute atomic E-state index is 12.7. The second kappa shape index (κ2) is 5.39. The third kappa shape index (κ3) is 2.61. The van der Waals surface area contributed by atoms with Crippen LogP contribution >= 0.6 is 0 Å². The fourth-order valence-corrected chi connectivity index (χ4v) is 4.74. The smallest absolute Gasteiger partial charge is 0.245 e. The van der Waals surface area contributed by atoms with Crippen LogP contribution in [0.3, 0.4) is 0 Å². The van der Waals surface area contributed by atoms with Crippen LogP contribution in [0.5, 0.6) is 0 Å². The molecule has 1 aliphatic rings. The van der Waals surface area contributed by atoms with Crippen LogP contribution in [0.15, 0.2) is 30.6 Å². The lowest BCUT2D eigenvalue weighted by Crippen LogP contribution is -2.41. The minimum Gasteiger partial charge on any atom is -0.340 e. The highest BCUT2D eigenvalue weighted by Crippen LogP contribution is 2.22. The Morgan fingerprint density at radius 1 is 1.41 bits per heavy atom. The molecule has 0 radical (unpaired) electrons. The first kappa shape index (κ1) is 15.0. The molecule has 118 valence electrons. The number of carbonyl (C=O) groups is 1. The van der Waals surface area contributed by atoms with E-state index < -0.39 is 15.9 Å². The largest absolute Gasteiger partial charge is 0.340 e. The zero-order chi connectivity index (χ0) is 15.9. The molecule has 0 unspecified atom stereocenters. The number of benzene rings is 1. The van der Waals surface area contributed by atoms with E-state index in [9.17, 15) is 13.2 Å². The molecule has 1 fully saturated rings. The van der Waals surface area contributed by atoms with Gasteiger partial charge in [-0.1, -0.05) is 12.1 Å². The third-order valence-electron chi connectivity index (χ3n) is 4.36. The molecule has 1 saturated heterocycles. The molecular formula is C15H19N3O3S. The Kier molecular flexibility index (Phi) is 3.68. The fourth-order valence-electron chi connectivity index (χ4n) is 2.96. The molecule has 0 aliphatic carbocycles. The van der Waals surface area contributed by atoms with Gasteiger partial charge in [-0.05, 0) is 25.5 Å². The number of hydrogen-bond donors (Lipinski definition) is 0.